The quantitative estimate of drug-likeness (QED) is 0.0690. The highest BCUT2D eigenvalue weighted by Crippen LogP contribution is 2.27. The zero-order valence-corrected chi connectivity index (χ0v) is 27.3. The van der Waals surface area contributed by atoms with Crippen molar-refractivity contribution in [3.8, 4) is 39.7 Å². The molecule has 0 amide bonds. The van der Waals surface area contributed by atoms with Crippen LogP contribution < -0.4 is 4.74 Å². The molecular weight excluding hydrogens is 560 g/mol. The van der Waals surface area contributed by atoms with Gasteiger partial charge < -0.3 is 14.0 Å². The van der Waals surface area contributed by atoms with E-state index in [9.17, 15) is 4.79 Å². The average molecular weight is 611 g/mol. The molecule has 0 aliphatic heterocycles. The van der Waals surface area contributed by atoms with Crippen LogP contribution in [0.1, 0.15) is 114 Å². The molecule has 0 spiro atoms. The highest BCUT2D eigenvalue weighted by atomic mass is 16.5. The molecule has 45 heavy (non-hydrogen) atoms. The number of nitrogens with zero attached hydrogens (tertiary/aromatic N) is 2. The van der Waals surface area contributed by atoms with E-state index in [-0.39, 0.29) is 5.97 Å². The van der Waals surface area contributed by atoms with E-state index in [0.717, 1.165) is 53.9 Å². The minimum atomic E-state index is -0.301. The molecule has 0 N–H and O–H groups in total. The molecule has 6 nitrogen and oxygen atoms in total. The molecule has 240 valence electrons. The summed E-state index contributed by atoms with van der Waals surface area (Å²) in [7, 11) is 0. The van der Waals surface area contributed by atoms with Gasteiger partial charge in [-0.25, -0.2) is 4.79 Å². The monoisotopic (exact) mass is 610 g/mol. The van der Waals surface area contributed by atoms with Crippen LogP contribution in [0.15, 0.2) is 77.3 Å². The zero-order chi connectivity index (χ0) is 31.5. The van der Waals surface area contributed by atoms with Crippen molar-refractivity contribution in [1.29, 1.82) is 0 Å². The lowest BCUT2D eigenvalue weighted by molar-refractivity contribution is 0.0497. The molecular formula is C39H50N2O4. The lowest BCUT2D eigenvalue weighted by Gasteiger charge is -2.08. The van der Waals surface area contributed by atoms with Crippen molar-refractivity contribution in [1.82, 2.24) is 10.1 Å². The molecule has 1 heterocycles. The number of aromatic nitrogens is 2. The van der Waals surface area contributed by atoms with Crippen LogP contribution in [-0.4, -0.2) is 29.3 Å². The molecule has 0 saturated carbocycles. The number of hydrogen-bond acceptors (Lipinski definition) is 6. The normalized spacial score (nSPS) is 11.1. The molecule has 3 aromatic carbocycles. The van der Waals surface area contributed by atoms with Crippen LogP contribution >= 0.6 is 0 Å². The molecule has 4 aromatic rings. The molecule has 0 unspecified atom stereocenters. The Morgan fingerprint density at radius 3 is 1.67 bits per heavy atom. The second-order valence-electron chi connectivity index (χ2n) is 11.8. The maximum Gasteiger partial charge on any atom is 0.338 e. The van der Waals surface area contributed by atoms with Gasteiger partial charge in [0.25, 0.3) is 5.89 Å². The fraction of sp³-hybridized carbons (Fsp3) is 0.462. The highest BCUT2D eigenvalue weighted by molar-refractivity contribution is 5.89. The van der Waals surface area contributed by atoms with Gasteiger partial charge in [-0.3, -0.25) is 0 Å². The van der Waals surface area contributed by atoms with Crippen molar-refractivity contribution in [3.63, 3.8) is 0 Å². The predicted molar refractivity (Wildman–Crippen MR) is 182 cm³/mol. The van der Waals surface area contributed by atoms with E-state index in [1.165, 1.54) is 70.6 Å². The molecule has 0 aliphatic rings. The third-order valence-electron chi connectivity index (χ3n) is 8.12. The van der Waals surface area contributed by atoms with Gasteiger partial charge in [-0.05, 0) is 60.4 Å². The van der Waals surface area contributed by atoms with Gasteiger partial charge in [-0.1, -0.05) is 132 Å². The van der Waals surface area contributed by atoms with E-state index in [1.807, 2.05) is 36.4 Å². The van der Waals surface area contributed by atoms with Crippen LogP contribution in [0.2, 0.25) is 0 Å². The Balaban J connectivity index is 1.21. The van der Waals surface area contributed by atoms with Crippen molar-refractivity contribution in [2.75, 3.05) is 13.2 Å². The van der Waals surface area contributed by atoms with Crippen molar-refractivity contribution >= 4 is 5.97 Å². The van der Waals surface area contributed by atoms with Gasteiger partial charge in [0.15, 0.2) is 0 Å². The Morgan fingerprint density at radius 1 is 0.578 bits per heavy atom. The summed E-state index contributed by atoms with van der Waals surface area (Å²) in [5.74, 6) is 1.53. The number of carbonyl (C=O) groups is 1. The first kappa shape index (κ1) is 34.0. The van der Waals surface area contributed by atoms with Crippen molar-refractivity contribution < 1.29 is 18.8 Å². The fourth-order valence-corrected chi connectivity index (χ4v) is 5.32. The van der Waals surface area contributed by atoms with Gasteiger partial charge in [0.1, 0.15) is 5.75 Å². The van der Waals surface area contributed by atoms with Gasteiger partial charge in [-0.15, -0.1) is 0 Å². The smallest absolute Gasteiger partial charge is 0.338 e. The minimum Gasteiger partial charge on any atom is -0.494 e. The molecule has 0 fully saturated rings. The standard InChI is InChI=1S/C39H50N2O4/c1-3-5-7-9-11-12-14-15-29-43-36-27-25-32(26-28-36)31-17-21-34(22-18-31)38-40-37(41-45-38)33-19-23-35(24-20-33)39(42)44-30-16-13-10-8-6-4-2/h17-28H,3-16,29-30H2,1-2H3. The number of esters is 1. The van der Waals surface area contributed by atoms with Crippen molar-refractivity contribution in [2.24, 2.45) is 0 Å². The minimum absolute atomic E-state index is 0.301. The van der Waals surface area contributed by atoms with Crippen molar-refractivity contribution in [2.45, 2.75) is 104 Å². The number of ether oxygens (including phenoxy) is 2. The first-order valence-corrected chi connectivity index (χ1v) is 17.1. The van der Waals surface area contributed by atoms with Crippen LogP contribution in [0, 0.1) is 0 Å². The Labute approximate surface area is 269 Å². The number of benzene rings is 3. The third kappa shape index (κ3) is 11.5. The van der Waals surface area contributed by atoms with Gasteiger partial charge >= 0.3 is 5.97 Å². The van der Waals surface area contributed by atoms with E-state index in [1.54, 1.807) is 12.1 Å². The molecule has 0 saturated heterocycles. The summed E-state index contributed by atoms with van der Waals surface area (Å²) in [6, 6.07) is 23.5. The maximum absolute atomic E-state index is 12.4. The molecule has 4 rings (SSSR count). The summed E-state index contributed by atoms with van der Waals surface area (Å²) < 4.78 is 17.0. The van der Waals surface area contributed by atoms with E-state index in [4.69, 9.17) is 14.0 Å². The highest BCUT2D eigenvalue weighted by Gasteiger charge is 2.13. The molecule has 0 bridgehead atoms. The van der Waals surface area contributed by atoms with Gasteiger partial charge in [-0.2, -0.15) is 4.98 Å². The van der Waals surface area contributed by atoms with Gasteiger partial charge in [0, 0.05) is 11.1 Å². The zero-order valence-electron chi connectivity index (χ0n) is 27.3. The number of rotatable bonds is 21. The Bertz CT molecular complexity index is 1380. The SMILES string of the molecule is CCCCCCCCCCOc1ccc(-c2ccc(-c3nc(-c4ccc(C(=O)OCCCCCCCC)cc4)no3)cc2)cc1. The Hall–Kier alpha value is -3.93. The number of hydrogen-bond donors (Lipinski definition) is 0. The van der Waals surface area contributed by atoms with E-state index in [0.29, 0.717) is 23.9 Å². The second kappa shape index (κ2) is 19.5. The number of unbranched alkanes of at least 4 members (excludes halogenated alkanes) is 12. The van der Waals surface area contributed by atoms with E-state index >= 15 is 0 Å². The largest absolute Gasteiger partial charge is 0.494 e. The van der Waals surface area contributed by atoms with E-state index < -0.39 is 0 Å². The molecule has 1 aromatic heterocycles. The lowest BCUT2D eigenvalue weighted by Crippen LogP contribution is -2.06. The van der Waals surface area contributed by atoms with Crippen molar-refractivity contribution in [3.05, 3.63) is 78.4 Å². The molecule has 0 radical (unpaired) electrons. The molecule has 0 aliphatic carbocycles. The summed E-state index contributed by atoms with van der Waals surface area (Å²) in [6.07, 6.45) is 17.3. The second-order valence-corrected chi connectivity index (χ2v) is 11.8. The van der Waals surface area contributed by atoms with Crippen LogP contribution in [0.3, 0.4) is 0 Å². The first-order valence-electron chi connectivity index (χ1n) is 17.1. The summed E-state index contributed by atoms with van der Waals surface area (Å²) in [5, 5.41) is 4.16. The first-order chi connectivity index (χ1) is 22.2. The van der Waals surface area contributed by atoms with Crippen LogP contribution in [0.25, 0.3) is 34.0 Å². The Kier molecular flexibility index (Phi) is 14.7. The summed E-state index contributed by atoms with van der Waals surface area (Å²) in [5.41, 5.74) is 4.37. The predicted octanol–water partition coefficient (Wildman–Crippen LogP) is 11.1. The van der Waals surface area contributed by atoms with Gasteiger partial charge in [0.05, 0.1) is 18.8 Å². The molecule has 6 heteroatoms. The average Bonchev–Trinajstić information content (AvgIpc) is 3.58. The summed E-state index contributed by atoms with van der Waals surface area (Å²) in [4.78, 5) is 17.0. The summed E-state index contributed by atoms with van der Waals surface area (Å²) in [6.45, 7) is 5.69. The lowest BCUT2D eigenvalue weighted by atomic mass is 10.0. The van der Waals surface area contributed by atoms with E-state index in [2.05, 4.69) is 48.3 Å². The number of carbonyl (C=O) groups excluding carboxylic acids is 1. The Morgan fingerprint density at radius 2 is 1.07 bits per heavy atom. The van der Waals surface area contributed by atoms with Crippen LogP contribution in [0.4, 0.5) is 0 Å². The van der Waals surface area contributed by atoms with Crippen LogP contribution in [-0.2, 0) is 4.74 Å². The van der Waals surface area contributed by atoms with Crippen LogP contribution in [0.5, 0.6) is 5.75 Å². The van der Waals surface area contributed by atoms with Gasteiger partial charge in [0.2, 0.25) is 5.82 Å². The summed E-state index contributed by atoms with van der Waals surface area (Å²) >= 11 is 0. The fourth-order valence-electron chi connectivity index (χ4n) is 5.32. The maximum atomic E-state index is 12.4. The third-order valence-corrected chi connectivity index (χ3v) is 8.12. The topological polar surface area (TPSA) is 74.5 Å². The molecule has 0 atom stereocenters.